The second kappa shape index (κ2) is 8.52. The van der Waals surface area contributed by atoms with Crippen LogP contribution in [0.15, 0.2) is 18.2 Å². The van der Waals surface area contributed by atoms with Crippen LogP contribution in [-0.2, 0) is 11.3 Å². The minimum Gasteiger partial charge on any atom is -0.490 e. The van der Waals surface area contributed by atoms with Crippen LogP contribution in [0, 0.1) is 5.92 Å². The van der Waals surface area contributed by atoms with Crippen molar-refractivity contribution in [3.05, 3.63) is 23.8 Å². The van der Waals surface area contributed by atoms with E-state index in [1.165, 1.54) is 0 Å². The predicted molar refractivity (Wildman–Crippen MR) is 83.4 cm³/mol. The summed E-state index contributed by atoms with van der Waals surface area (Å²) in [5.74, 6) is 1.28. The average molecular weight is 294 g/mol. The number of hydrogen-bond donors (Lipinski definition) is 2. The van der Waals surface area contributed by atoms with Crippen LogP contribution in [-0.4, -0.2) is 25.2 Å². The van der Waals surface area contributed by atoms with Gasteiger partial charge in [-0.25, -0.2) is 0 Å². The van der Waals surface area contributed by atoms with Gasteiger partial charge in [0, 0.05) is 12.1 Å². The van der Waals surface area contributed by atoms with Crippen molar-refractivity contribution in [2.24, 2.45) is 11.7 Å². The van der Waals surface area contributed by atoms with Crippen LogP contribution in [0.1, 0.15) is 33.3 Å². The Labute approximate surface area is 126 Å². The molecule has 0 aliphatic heterocycles. The Bertz CT molecular complexity index is 461. The number of carbonyl (C=O) groups excluding carboxylic acids is 1. The van der Waals surface area contributed by atoms with Crippen LogP contribution in [0.25, 0.3) is 0 Å². The Morgan fingerprint density at radius 3 is 2.62 bits per heavy atom. The molecule has 1 rings (SSSR count). The summed E-state index contributed by atoms with van der Waals surface area (Å²) in [5, 5.41) is 3.36. The standard InChI is InChI=1S/C16H26N2O3/c1-5-20-14-8-6-7-13(10-18-9-11(2)3)15(14)21-12(4)16(17)19/h6-8,11-12,18H,5,9-10H2,1-4H3,(H2,17,19). The fourth-order valence-electron chi connectivity index (χ4n) is 1.83. The van der Waals surface area contributed by atoms with E-state index in [1.54, 1.807) is 6.92 Å². The molecule has 1 unspecified atom stereocenters. The lowest BCUT2D eigenvalue weighted by Gasteiger charge is -2.19. The van der Waals surface area contributed by atoms with Gasteiger partial charge in [-0.3, -0.25) is 4.79 Å². The number of para-hydroxylation sites is 1. The highest BCUT2D eigenvalue weighted by atomic mass is 16.5. The molecule has 0 saturated heterocycles. The van der Waals surface area contributed by atoms with Gasteiger partial charge >= 0.3 is 0 Å². The molecule has 0 bridgehead atoms. The fraction of sp³-hybridized carbons (Fsp3) is 0.562. The van der Waals surface area contributed by atoms with Crippen LogP contribution in [0.5, 0.6) is 11.5 Å². The number of ether oxygens (including phenoxy) is 2. The lowest BCUT2D eigenvalue weighted by atomic mass is 10.1. The van der Waals surface area contributed by atoms with Gasteiger partial charge in [-0.1, -0.05) is 26.0 Å². The summed E-state index contributed by atoms with van der Waals surface area (Å²) in [6, 6.07) is 5.70. The van der Waals surface area contributed by atoms with E-state index in [-0.39, 0.29) is 0 Å². The summed E-state index contributed by atoms with van der Waals surface area (Å²) in [6.45, 7) is 9.93. The third-order valence-electron chi connectivity index (χ3n) is 2.92. The minimum atomic E-state index is -0.699. The van der Waals surface area contributed by atoms with Crippen molar-refractivity contribution >= 4 is 5.91 Å². The van der Waals surface area contributed by atoms with E-state index in [0.29, 0.717) is 30.6 Å². The molecule has 1 aromatic rings. The number of rotatable bonds is 9. The summed E-state index contributed by atoms with van der Waals surface area (Å²) in [7, 11) is 0. The molecule has 3 N–H and O–H groups in total. The largest absolute Gasteiger partial charge is 0.490 e. The molecule has 0 heterocycles. The van der Waals surface area contributed by atoms with Crippen LogP contribution >= 0.6 is 0 Å². The van der Waals surface area contributed by atoms with Crippen LogP contribution in [0.3, 0.4) is 0 Å². The summed E-state index contributed by atoms with van der Waals surface area (Å²) >= 11 is 0. The normalized spacial score (nSPS) is 12.2. The molecule has 0 spiro atoms. The van der Waals surface area contributed by atoms with E-state index < -0.39 is 12.0 Å². The van der Waals surface area contributed by atoms with Gasteiger partial charge in [0.1, 0.15) is 0 Å². The van der Waals surface area contributed by atoms with Crippen molar-refractivity contribution < 1.29 is 14.3 Å². The first-order valence-corrected chi connectivity index (χ1v) is 7.37. The number of primary amides is 1. The van der Waals surface area contributed by atoms with E-state index in [4.69, 9.17) is 15.2 Å². The molecule has 21 heavy (non-hydrogen) atoms. The highest BCUT2D eigenvalue weighted by Gasteiger charge is 2.17. The van der Waals surface area contributed by atoms with Gasteiger partial charge in [-0.15, -0.1) is 0 Å². The molecular formula is C16H26N2O3. The lowest BCUT2D eigenvalue weighted by Crippen LogP contribution is -2.31. The SMILES string of the molecule is CCOc1cccc(CNCC(C)C)c1OC(C)C(N)=O. The smallest absolute Gasteiger partial charge is 0.258 e. The van der Waals surface area contributed by atoms with Crippen molar-refractivity contribution in [1.29, 1.82) is 0 Å². The van der Waals surface area contributed by atoms with Crippen molar-refractivity contribution in [3.63, 3.8) is 0 Å². The molecule has 5 heteroatoms. The number of nitrogens with one attached hydrogen (secondary N) is 1. The molecule has 1 amide bonds. The molecular weight excluding hydrogens is 268 g/mol. The third-order valence-corrected chi connectivity index (χ3v) is 2.92. The Kier molecular flexibility index (Phi) is 7.02. The van der Waals surface area contributed by atoms with E-state index in [9.17, 15) is 4.79 Å². The molecule has 0 fully saturated rings. The van der Waals surface area contributed by atoms with Crippen molar-refractivity contribution in [2.45, 2.75) is 40.3 Å². The number of amides is 1. The molecule has 0 aliphatic rings. The maximum atomic E-state index is 11.2. The molecule has 1 aromatic carbocycles. The van der Waals surface area contributed by atoms with Gasteiger partial charge in [-0.2, -0.15) is 0 Å². The van der Waals surface area contributed by atoms with Gasteiger partial charge in [0.15, 0.2) is 17.6 Å². The molecule has 1 atom stereocenters. The second-order valence-electron chi connectivity index (χ2n) is 5.36. The van der Waals surface area contributed by atoms with E-state index in [2.05, 4.69) is 19.2 Å². The topological polar surface area (TPSA) is 73.6 Å². The van der Waals surface area contributed by atoms with Gasteiger partial charge in [0.2, 0.25) is 0 Å². The van der Waals surface area contributed by atoms with Gasteiger partial charge in [0.25, 0.3) is 5.91 Å². The quantitative estimate of drug-likeness (QED) is 0.731. The van der Waals surface area contributed by atoms with Gasteiger partial charge < -0.3 is 20.5 Å². The molecule has 0 aliphatic carbocycles. The zero-order valence-corrected chi connectivity index (χ0v) is 13.3. The molecule has 5 nitrogen and oxygen atoms in total. The fourth-order valence-corrected chi connectivity index (χ4v) is 1.83. The van der Waals surface area contributed by atoms with E-state index >= 15 is 0 Å². The first kappa shape index (κ1) is 17.3. The van der Waals surface area contributed by atoms with E-state index in [0.717, 1.165) is 12.1 Å². The van der Waals surface area contributed by atoms with Crippen molar-refractivity contribution in [1.82, 2.24) is 5.32 Å². The van der Waals surface area contributed by atoms with Crippen molar-refractivity contribution in [3.8, 4) is 11.5 Å². The zero-order chi connectivity index (χ0) is 15.8. The minimum absolute atomic E-state index is 0.498. The number of carbonyl (C=O) groups is 1. The van der Waals surface area contributed by atoms with Gasteiger partial charge in [0.05, 0.1) is 6.61 Å². The summed E-state index contributed by atoms with van der Waals surface area (Å²) in [6.07, 6.45) is -0.699. The Hall–Kier alpha value is -1.75. The van der Waals surface area contributed by atoms with Crippen LogP contribution in [0.4, 0.5) is 0 Å². The number of hydrogen-bond acceptors (Lipinski definition) is 4. The van der Waals surface area contributed by atoms with Gasteiger partial charge in [-0.05, 0) is 32.4 Å². The zero-order valence-electron chi connectivity index (χ0n) is 13.3. The predicted octanol–water partition coefficient (Wildman–Crippen LogP) is 2.08. The third kappa shape index (κ3) is 5.63. The maximum absolute atomic E-state index is 11.2. The van der Waals surface area contributed by atoms with Crippen molar-refractivity contribution in [2.75, 3.05) is 13.2 Å². The Morgan fingerprint density at radius 1 is 1.33 bits per heavy atom. The molecule has 0 saturated carbocycles. The number of nitrogens with two attached hydrogens (primary N) is 1. The summed E-state index contributed by atoms with van der Waals surface area (Å²) in [4.78, 5) is 11.2. The molecule has 118 valence electrons. The molecule has 0 radical (unpaired) electrons. The van der Waals surface area contributed by atoms with E-state index in [1.807, 2.05) is 25.1 Å². The number of benzene rings is 1. The summed E-state index contributed by atoms with van der Waals surface area (Å²) < 4.78 is 11.3. The first-order valence-electron chi connectivity index (χ1n) is 7.37. The van der Waals surface area contributed by atoms with Crippen LogP contribution < -0.4 is 20.5 Å². The highest BCUT2D eigenvalue weighted by molar-refractivity contribution is 5.78. The maximum Gasteiger partial charge on any atom is 0.258 e. The highest BCUT2D eigenvalue weighted by Crippen LogP contribution is 2.32. The summed E-state index contributed by atoms with van der Waals surface area (Å²) in [5.41, 5.74) is 6.23. The Balaban J connectivity index is 2.93. The average Bonchev–Trinajstić information content (AvgIpc) is 2.41. The molecule has 0 aromatic heterocycles. The van der Waals surface area contributed by atoms with Crippen LogP contribution in [0.2, 0.25) is 0 Å². The first-order chi connectivity index (χ1) is 9.95. The monoisotopic (exact) mass is 294 g/mol. The lowest BCUT2D eigenvalue weighted by molar-refractivity contribution is -0.124. The second-order valence-corrected chi connectivity index (χ2v) is 5.36. The Morgan fingerprint density at radius 2 is 2.05 bits per heavy atom.